The van der Waals surface area contributed by atoms with Crippen LogP contribution < -0.4 is 9.47 Å². The van der Waals surface area contributed by atoms with Crippen molar-refractivity contribution in [2.75, 3.05) is 20.2 Å². The van der Waals surface area contributed by atoms with Gasteiger partial charge < -0.3 is 19.5 Å². The predicted molar refractivity (Wildman–Crippen MR) is 136 cm³/mol. The third kappa shape index (κ3) is 7.19. The summed E-state index contributed by atoms with van der Waals surface area (Å²) in [5.74, 6) is 2.76. The average Bonchev–Trinajstić information content (AvgIpc) is 2.78. The molecule has 0 spiro atoms. The fourth-order valence-corrected chi connectivity index (χ4v) is 4.58. The van der Waals surface area contributed by atoms with Crippen molar-refractivity contribution in [1.29, 1.82) is 0 Å². The number of likely N-dealkylation sites (tertiary alicyclic amines) is 1. The van der Waals surface area contributed by atoms with Gasteiger partial charge in [0.25, 0.3) is 5.91 Å². The zero-order valence-corrected chi connectivity index (χ0v) is 21.0. The summed E-state index contributed by atoms with van der Waals surface area (Å²) >= 11 is 1.81. The van der Waals surface area contributed by atoms with Crippen LogP contribution in [-0.2, 0) is 12.2 Å². The summed E-state index contributed by atoms with van der Waals surface area (Å²) in [6, 6.07) is 11.3. The fourth-order valence-electron chi connectivity index (χ4n) is 3.76. The lowest BCUT2D eigenvalue weighted by Gasteiger charge is -2.27. The highest BCUT2D eigenvalue weighted by atomic mass is 32.2. The number of amides is 1. The number of rotatable bonds is 8. The minimum Gasteiger partial charge on any atom is -0.513 e. The maximum Gasteiger partial charge on any atom is 0.253 e. The van der Waals surface area contributed by atoms with Gasteiger partial charge in [0.15, 0.2) is 11.5 Å². The summed E-state index contributed by atoms with van der Waals surface area (Å²) in [6.45, 7) is 11.8. The molecule has 178 valence electrons. The van der Waals surface area contributed by atoms with Gasteiger partial charge in [0.05, 0.1) is 12.9 Å². The van der Waals surface area contributed by atoms with E-state index in [4.69, 9.17) is 9.47 Å². The van der Waals surface area contributed by atoms with E-state index in [1.807, 2.05) is 53.1 Å². The van der Waals surface area contributed by atoms with Crippen molar-refractivity contribution in [3.63, 3.8) is 0 Å². The number of benzene rings is 2. The number of hydrogen-bond donors (Lipinski definition) is 1. The minimum atomic E-state index is 0.0727. The molecule has 1 heterocycles. The lowest BCUT2D eigenvalue weighted by atomic mass is 10.1. The third-order valence-corrected chi connectivity index (χ3v) is 6.79. The van der Waals surface area contributed by atoms with Crippen molar-refractivity contribution in [2.24, 2.45) is 0 Å². The van der Waals surface area contributed by atoms with E-state index in [2.05, 4.69) is 27.4 Å². The Morgan fingerprint density at radius 3 is 2.39 bits per heavy atom. The summed E-state index contributed by atoms with van der Waals surface area (Å²) in [4.78, 5) is 15.0. The monoisotopic (exact) mass is 469 g/mol. The molecule has 3 rings (SSSR count). The fraction of sp³-hybridized carbons (Fsp3) is 0.444. The van der Waals surface area contributed by atoms with Crippen molar-refractivity contribution in [3.05, 3.63) is 65.4 Å². The van der Waals surface area contributed by atoms with Gasteiger partial charge in [-0.05, 0) is 55.2 Å². The van der Waals surface area contributed by atoms with Crippen LogP contribution in [-0.4, -0.2) is 40.9 Å². The number of piperidine rings is 1. The second-order valence-corrected chi connectivity index (χ2v) is 11.2. The van der Waals surface area contributed by atoms with E-state index in [1.54, 1.807) is 7.11 Å². The standard InChI is InChI=1S/C27H35NO4S/c1-19(29)15-20-9-11-24(31-5)25(16-20)32-23-12-10-21(17-22(23)18-33-27(2,3)4)26(30)28-13-7-6-8-14-28/h9-12,16-17,29H,1,6-8,13-15,18H2,2-5H3. The number of ether oxygens (including phenoxy) is 2. The molecule has 2 aromatic carbocycles. The molecule has 6 heteroatoms. The summed E-state index contributed by atoms with van der Waals surface area (Å²) in [5, 5.41) is 9.59. The van der Waals surface area contributed by atoms with Gasteiger partial charge in [-0.15, -0.1) is 0 Å². The Labute approximate surface area is 201 Å². The molecular formula is C27H35NO4S. The van der Waals surface area contributed by atoms with Gasteiger partial charge >= 0.3 is 0 Å². The summed E-state index contributed by atoms with van der Waals surface area (Å²) < 4.78 is 11.9. The molecule has 33 heavy (non-hydrogen) atoms. The number of carbonyl (C=O) groups excluding carboxylic acids is 1. The van der Waals surface area contributed by atoms with Gasteiger partial charge in [-0.25, -0.2) is 0 Å². The first-order chi connectivity index (χ1) is 15.7. The number of aliphatic hydroxyl groups excluding tert-OH is 1. The number of methoxy groups -OCH3 is 1. The zero-order valence-electron chi connectivity index (χ0n) is 20.1. The van der Waals surface area contributed by atoms with Crippen LogP contribution in [0.1, 0.15) is 61.5 Å². The zero-order chi connectivity index (χ0) is 24.0. The first kappa shape index (κ1) is 25.0. The summed E-state index contributed by atoms with van der Waals surface area (Å²) in [6.07, 6.45) is 3.66. The van der Waals surface area contributed by atoms with E-state index in [-0.39, 0.29) is 16.4 Å². The normalized spacial score (nSPS) is 14.1. The van der Waals surface area contributed by atoms with E-state index in [0.29, 0.717) is 29.2 Å². The molecule has 0 atom stereocenters. The lowest BCUT2D eigenvalue weighted by molar-refractivity contribution is 0.0724. The molecule has 5 nitrogen and oxygen atoms in total. The van der Waals surface area contributed by atoms with E-state index < -0.39 is 0 Å². The van der Waals surface area contributed by atoms with Gasteiger partial charge in [0.2, 0.25) is 0 Å². The van der Waals surface area contributed by atoms with Crippen LogP contribution in [0.4, 0.5) is 0 Å². The van der Waals surface area contributed by atoms with E-state index in [1.165, 1.54) is 6.42 Å². The lowest BCUT2D eigenvalue weighted by Crippen LogP contribution is -2.35. The molecule has 0 unspecified atom stereocenters. The van der Waals surface area contributed by atoms with Gasteiger partial charge in [0.1, 0.15) is 5.75 Å². The predicted octanol–water partition coefficient (Wildman–Crippen LogP) is 6.76. The maximum absolute atomic E-state index is 13.1. The van der Waals surface area contributed by atoms with Crippen LogP contribution in [0, 0.1) is 0 Å². The molecule has 1 fully saturated rings. The van der Waals surface area contributed by atoms with Crippen molar-refractivity contribution < 1.29 is 19.4 Å². The molecule has 1 saturated heterocycles. The number of thioether (sulfide) groups is 1. The Kier molecular flexibility index (Phi) is 8.35. The van der Waals surface area contributed by atoms with Crippen LogP contribution in [0.25, 0.3) is 0 Å². The molecular weight excluding hydrogens is 434 g/mol. The second-order valence-electron chi connectivity index (χ2n) is 9.41. The molecule has 1 aliphatic heterocycles. The smallest absolute Gasteiger partial charge is 0.253 e. The highest BCUT2D eigenvalue weighted by Gasteiger charge is 2.21. The molecule has 2 aromatic rings. The van der Waals surface area contributed by atoms with Crippen LogP contribution in [0.5, 0.6) is 17.2 Å². The largest absolute Gasteiger partial charge is 0.513 e. The van der Waals surface area contributed by atoms with Gasteiger partial charge in [-0.2, -0.15) is 11.8 Å². The molecule has 0 saturated carbocycles. The maximum atomic E-state index is 13.1. The SMILES string of the molecule is C=C(O)Cc1ccc(OC)c(Oc2ccc(C(=O)N3CCCCC3)cc2CSC(C)(C)C)c1. The summed E-state index contributed by atoms with van der Waals surface area (Å²) in [7, 11) is 1.60. The van der Waals surface area contributed by atoms with Crippen LogP contribution in [0.2, 0.25) is 0 Å². The number of aliphatic hydroxyl groups is 1. The van der Waals surface area contributed by atoms with Crippen LogP contribution in [0.3, 0.4) is 0 Å². The highest BCUT2D eigenvalue weighted by Crippen LogP contribution is 2.37. The Morgan fingerprint density at radius 2 is 1.76 bits per heavy atom. The topological polar surface area (TPSA) is 59.0 Å². The third-order valence-electron chi connectivity index (χ3n) is 5.47. The van der Waals surface area contributed by atoms with E-state index in [9.17, 15) is 9.90 Å². The number of carbonyl (C=O) groups is 1. The van der Waals surface area contributed by atoms with Crippen LogP contribution in [0.15, 0.2) is 48.7 Å². The number of hydrogen-bond acceptors (Lipinski definition) is 5. The Morgan fingerprint density at radius 1 is 1.06 bits per heavy atom. The average molecular weight is 470 g/mol. The van der Waals surface area contributed by atoms with Crippen molar-refractivity contribution in [2.45, 2.75) is 57.0 Å². The Hall–Kier alpha value is -2.60. The van der Waals surface area contributed by atoms with Crippen molar-refractivity contribution >= 4 is 17.7 Å². The van der Waals surface area contributed by atoms with E-state index in [0.717, 1.165) is 42.8 Å². The first-order valence-corrected chi connectivity index (χ1v) is 12.4. The summed E-state index contributed by atoms with van der Waals surface area (Å²) in [5.41, 5.74) is 2.55. The second kappa shape index (κ2) is 11.0. The molecule has 0 radical (unpaired) electrons. The quantitative estimate of drug-likeness (QED) is 0.433. The van der Waals surface area contributed by atoms with Crippen LogP contribution >= 0.6 is 11.8 Å². The van der Waals surface area contributed by atoms with Crippen molar-refractivity contribution in [3.8, 4) is 17.2 Å². The molecule has 0 aromatic heterocycles. The van der Waals surface area contributed by atoms with Gasteiger partial charge in [-0.1, -0.05) is 33.4 Å². The molecule has 1 amide bonds. The molecule has 0 bridgehead atoms. The number of nitrogens with zero attached hydrogens (tertiary/aromatic N) is 1. The van der Waals surface area contributed by atoms with Gasteiger partial charge in [0, 0.05) is 41.1 Å². The molecule has 1 aliphatic rings. The number of allylic oxidation sites excluding steroid dienone is 1. The Bertz CT molecular complexity index is 990. The Balaban J connectivity index is 1.93. The molecule has 1 N–H and O–H groups in total. The highest BCUT2D eigenvalue weighted by molar-refractivity contribution is 7.99. The van der Waals surface area contributed by atoms with Crippen molar-refractivity contribution in [1.82, 2.24) is 4.90 Å². The minimum absolute atomic E-state index is 0.0727. The van der Waals surface area contributed by atoms with Gasteiger partial charge in [-0.3, -0.25) is 4.79 Å². The molecule has 0 aliphatic carbocycles. The first-order valence-electron chi connectivity index (χ1n) is 11.4. The van der Waals surface area contributed by atoms with E-state index >= 15 is 0 Å².